The Morgan fingerprint density at radius 3 is 1.87 bits per heavy atom. The van der Waals surface area contributed by atoms with Crippen LogP contribution in [0.2, 0.25) is 0 Å². The first-order valence-corrected chi connectivity index (χ1v) is 6.29. The lowest BCUT2D eigenvalue weighted by Gasteiger charge is -2.42. The molecule has 0 aliphatic heterocycles. The van der Waals surface area contributed by atoms with E-state index in [-0.39, 0.29) is 0 Å². The van der Waals surface area contributed by atoms with Gasteiger partial charge in [0, 0.05) is 18.6 Å². The monoisotopic (exact) mass is 214 g/mol. The lowest BCUT2D eigenvalue weighted by molar-refractivity contribution is 0.0733. The van der Waals surface area contributed by atoms with Gasteiger partial charge in [0.25, 0.3) is 0 Å². The van der Waals surface area contributed by atoms with Gasteiger partial charge in [-0.05, 0) is 39.9 Å². The summed E-state index contributed by atoms with van der Waals surface area (Å²) in [4.78, 5) is 4.96. The summed E-state index contributed by atoms with van der Waals surface area (Å²) in [6.45, 7) is 18.4. The van der Waals surface area contributed by atoms with Gasteiger partial charge in [-0.25, -0.2) is 0 Å². The lowest BCUT2D eigenvalue weighted by Crippen LogP contribution is -2.50. The fraction of sp³-hybridized carbons (Fsp3) is 1.00. The van der Waals surface area contributed by atoms with Crippen LogP contribution in [0.1, 0.15) is 41.5 Å². The molecule has 0 N–H and O–H groups in total. The van der Waals surface area contributed by atoms with Crippen molar-refractivity contribution in [2.45, 2.75) is 47.1 Å². The maximum Gasteiger partial charge on any atom is 0.0176 e. The highest BCUT2D eigenvalue weighted by atomic mass is 15.2. The maximum atomic E-state index is 2.59. The molecule has 0 radical (unpaired) electrons. The summed E-state index contributed by atoms with van der Waals surface area (Å²) < 4.78 is 0. The second-order valence-corrected chi connectivity index (χ2v) is 5.28. The third kappa shape index (κ3) is 4.52. The van der Waals surface area contributed by atoms with Crippen LogP contribution in [0.4, 0.5) is 0 Å². The van der Waals surface area contributed by atoms with Crippen LogP contribution in [0.3, 0.4) is 0 Å². The fourth-order valence-electron chi connectivity index (χ4n) is 1.67. The molecule has 0 atom stereocenters. The summed E-state index contributed by atoms with van der Waals surface area (Å²) in [5.41, 5.74) is 0.309. The average molecular weight is 214 g/mol. The number of likely N-dealkylation sites (N-methyl/N-ethyl adjacent to an activating group) is 2. The normalized spacial score (nSPS) is 13.2. The van der Waals surface area contributed by atoms with Gasteiger partial charge in [-0.2, -0.15) is 0 Å². The molecule has 0 aliphatic carbocycles. The molecule has 0 saturated heterocycles. The Bertz CT molecular complexity index is 164. The van der Waals surface area contributed by atoms with Crippen molar-refractivity contribution < 1.29 is 0 Å². The van der Waals surface area contributed by atoms with Crippen LogP contribution in [0.5, 0.6) is 0 Å². The van der Waals surface area contributed by atoms with E-state index in [0.29, 0.717) is 11.5 Å². The van der Waals surface area contributed by atoms with Gasteiger partial charge < -0.3 is 4.90 Å². The molecule has 0 aromatic heterocycles. The molecule has 0 aromatic carbocycles. The van der Waals surface area contributed by atoms with E-state index >= 15 is 0 Å². The summed E-state index contributed by atoms with van der Waals surface area (Å²) >= 11 is 0. The molecule has 0 rings (SSSR count). The molecule has 0 bridgehead atoms. The van der Waals surface area contributed by atoms with Crippen LogP contribution in [-0.4, -0.2) is 48.6 Å². The second-order valence-electron chi connectivity index (χ2n) is 5.28. The van der Waals surface area contributed by atoms with Crippen LogP contribution in [-0.2, 0) is 0 Å². The summed E-state index contributed by atoms with van der Waals surface area (Å²) in [6, 6.07) is 0. The molecule has 0 amide bonds. The van der Waals surface area contributed by atoms with E-state index in [4.69, 9.17) is 0 Å². The van der Waals surface area contributed by atoms with Crippen molar-refractivity contribution in [3.8, 4) is 0 Å². The molecule has 15 heavy (non-hydrogen) atoms. The highest BCUT2D eigenvalue weighted by Crippen LogP contribution is 2.23. The average Bonchev–Trinajstić information content (AvgIpc) is 2.17. The molecular formula is C13H30N2. The molecule has 92 valence electrons. The number of hydrogen-bond donors (Lipinski definition) is 0. The maximum absolute atomic E-state index is 2.59. The molecule has 0 unspecified atom stereocenters. The van der Waals surface area contributed by atoms with Crippen molar-refractivity contribution in [1.82, 2.24) is 9.80 Å². The van der Waals surface area contributed by atoms with E-state index in [1.807, 2.05) is 0 Å². The van der Waals surface area contributed by atoms with E-state index < -0.39 is 0 Å². The predicted molar refractivity (Wildman–Crippen MR) is 69.3 cm³/mol. The highest BCUT2D eigenvalue weighted by molar-refractivity contribution is 4.84. The third-order valence-corrected chi connectivity index (χ3v) is 3.90. The minimum Gasteiger partial charge on any atom is -0.305 e. The zero-order chi connectivity index (χ0) is 12.1. The number of rotatable bonds is 7. The minimum absolute atomic E-state index is 0.309. The third-order valence-electron chi connectivity index (χ3n) is 3.90. The molecule has 0 fully saturated rings. The van der Waals surface area contributed by atoms with E-state index in [1.54, 1.807) is 0 Å². The van der Waals surface area contributed by atoms with Gasteiger partial charge in [-0.15, -0.1) is 0 Å². The predicted octanol–water partition coefficient (Wildman–Crippen LogP) is 2.69. The molecule has 0 aromatic rings. The van der Waals surface area contributed by atoms with Crippen molar-refractivity contribution in [1.29, 1.82) is 0 Å². The van der Waals surface area contributed by atoms with Gasteiger partial charge in [0.1, 0.15) is 0 Å². The van der Waals surface area contributed by atoms with Gasteiger partial charge in [0.05, 0.1) is 0 Å². The van der Waals surface area contributed by atoms with E-state index in [9.17, 15) is 0 Å². The Hall–Kier alpha value is -0.0800. The van der Waals surface area contributed by atoms with Crippen LogP contribution < -0.4 is 0 Å². The summed E-state index contributed by atoms with van der Waals surface area (Å²) in [7, 11) is 2.19. The molecular weight excluding hydrogens is 184 g/mol. The van der Waals surface area contributed by atoms with Gasteiger partial charge >= 0.3 is 0 Å². The number of nitrogens with zero attached hydrogens (tertiary/aromatic N) is 2. The summed E-state index contributed by atoms with van der Waals surface area (Å²) in [5.74, 6) is 0.699. The Balaban J connectivity index is 4.24. The van der Waals surface area contributed by atoms with Crippen molar-refractivity contribution in [2.75, 3.05) is 33.2 Å². The molecule has 0 saturated carbocycles. The zero-order valence-corrected chi connectivity index (χ0v) is 11.8. The fourth-order valence-corrected chi connectivity index (χ4v) is 1.67. The standard InChI is InChI=1S/C13H30N2/c1-8-14(7)10-11-15(9-2)13(5,6)12(3)4/h12H,8-11H2,1-7H3. The largest absolute Gasteiger partial charge is 0.305 e. The Kier molecular flexibility index (Phi) is 6.46. The molecule has 2 heteroatoms. The minimum atomic E-state index is 0.309. The zero-order valence-electron chi connectivity index (χ0n) is 11.8. The van der Waals surface area contributed by atoms with E-state index in [0.717, 1.165) is 13.1 Å². The number of hydrogen-bond acceptors (Lipinski definition) is 2. The highest BCUT2D eigenvalue weighted by Gasteiger charge is 2.28. The SMILES string of the molecule is CCN(C)CCN(CC)C(C)(C)C(C)C. The van der Waals surface area contributed by atoms with Gasteiger partial charge in [-0.3, -0.25) is 4.90 Å². The molecule has 0 heterocycles. The van der Waals surface area contributed by atoms with Crippen molar-refractivity contribution in [3.63, 3.8) is 0 Å². The van der Waals surface area contributed by atoms with Crippen LogP contribution in [0.25, 0.3) is 0 Å². The quantitative estimate of drug-likeness (QED) is 0.643. The smallest absolute Gasteiger partial charge is 0.0176 e. The molecule has 0 spiro atoms. The van der Waals surface area contributed by atoms with Crippen molar-refractivity contribution in [3.05, 3.63) is 0 Å². The Morgan fingerprint density at radius 2 is 1.53 bits per heavy atom. The van der Waals surface area contributed by atoms with Crippen LogP contribution >= 0.6 is 0 Å². The van der Waals surface area contributed by atoms with Gasteiger partial charge in [0.2, 0.25) is 0 Å². The van der Waals surface area contributed by atoms with Crippen LogP contribution in [0.15, 0.2) is 0 Å². The van der Waals surface area contributed by atoms with E-state index in [2.05, 4.69) is 58.4 Å². The van der Waals surface area contributed by atoms with Crippen LogP contribution in [0, 0.1) is 5.92 Å². The molecule has 0 aliphatic rings. The summed E-state index contributed by atoms with van der Waals surface area (Å²) in [6.07, 6.45) is 0. The topological polar surface area (TPSA) is 6.48 Å². The first-order valence-electron chi connectivity index (χ1n) is 6.29. The Morgan fingerprint density at radius 1 is 1.00 bits per heavy atom. The van der Waals surface area contributed by atoms with Gasteiger partial charge in [0.15, 0.2) is 0 Å². The van der Waals surface area contributed by atoms with Crippen molar-refractivity contribution in [2.24, 2.45) is 5.92 Å². The second kappa shape index (κ2) is 6.49. The summed E-state index contributed by atoms with van der Waals surface area (Å²) in [5, 5.41) is 0. The van der Waals surface area contributed by atoms with E-state index in [1.165, 1.54) is 13.1 Å². The van der Waals surface area contributed by atoms with Crippen molar-refractivity contribution >= 4 is 0 Å². The Labute approximate surface area is 96.6 Å². The first-order chi connectivity index (χ1) is 6.86. The molecule has 2 nitrogen and oxygen atoms in total. The van der Waals surface area contributed by atoms with Gasteiger partial charge in [-0.1, -0.05) is 27.7 Å². The first kappa shape index (κ1) is 14.9. The lowest BCUT2D eigenvalue weighted by atomic mass is 9.88.